The van der Waals surface area contributed by atoms with Gasteiger partial charge in [-0.15, -0.1) is 6.58 Å². The number of phenolic OH excluding ortho intramolecular Hbond substituents is 1. The third-order valence-electron chi connectivity index (χ3n) is 2.73. The summed E-state index contributed by atoms with van der Waals surface area (Å²) in [4.78, 5) is 13.5. The maximum absolute atomic E-state index is 11.7. The van der Waals surface area contributed by atoms with Crippen LogP contribution in [0.5, 0.6) is 5.75 Å². The maximum atomic E-state index is 11.7. The Morgan fingerprint density at radius 1 is 1.56 bits per heavy atom. The van der Waals surface area contributed by atoms with E-state index in [1.165, 1.54) is 0 Å². The molecule has 1 aromatic rings. The van der Waals surface area contributed by atoms with E-state index in [2.05, 4.69) is 22.5 Å². The molecule has 3 nitrogen and oxygen atoms in total. The Hall–Kier alpha value is -1.29. The van der Waals surface area contributed by atoms with Crippen molar-refractivity contribution in [3.8, 4) is 5.75 Å². The number of carbonyl (C=O) groups is 1. The van der Waals surface area contributed by atoms with Gasteiger partial charge in [-0.3, -0.25) is 4.79 Å². The molecule has 1 heterocycles. The molecule has 1 amide bonds. The zero-order valence-corrected chi connectivity index (χ0v) is 10.3. The first-order valence-corrected chi connectivity index (χ1v) is 5.82. The van der Waals surface area contributed by atoms with Crippen LogP contribution in [0.3, 0.4) is 0 Å². The third-order valence-corrected chi connectivity index (χ3v) is 3.37. The van der Waals surface area contributed by atoms with E-state index in [0.717, 1.165) is 5.69 Å². The summed E-state index contributed by atoms with van der Waals surface area (Å²) < 4.78 is 0.597. The first-order valence-electron chi connectivity index (χ1n) is 5.03. The predicted molar refractivity (Wildman–Crippen MR) is 66.5 cm³/mol. The fraction of sp³-hybridized carbons (Fsp3) is 0.250. The van der Waals surface area contributed by atoms with Crippen LogP contribution in [0.1, 0.15) is 6.42 Å². The molecule has 1 fully saturated rings. The summed E-state index contributed by atoms with van der Waals surface area (Å²) in [6, 6.07) is 5.07. The van der Waals surface area contributed by atoms with Crippen molar-refractivity contribution in [2.45, 2.75) is 6.42 Å². The fourth-order valence-electron chi connectivity index (χ4n) is 1.81. The molecule has 0 saturated carbocycles. The summed E-state index contributed by atoms with van der Waals surface area (Å²) in [5.41, 5.74) is 0.805. The number of phenols is 1. The monoisotopic (exact) mass is 281 g/mol. The summed E-state index contributed by atoms with van der Waals surface area (Å²) in [5.74, 6) is 0.498. The molecule has 0 radical (unpaired) electrons. The van der Waals surface area contributed by atoms with Gasteiger partial charge in [-0.1, -0.05) is 6.08 Å². The van der Waals surface area contributed by atoms with E-state index in [9.17, 15) is 9.90 Å². The molecule has 1 aliphatic heterocycles. The van der Waals surface area contributed by atoms with Gasteiger partial charge < -0.3 is 10.0 Å². The van der Waals surface area contributed by atoms with Crippen LogP contribution in [0.25, 0.3) is 0 Å². The lowest BCUT2D eigenvalue weighted by atomic mass is 10.1. The van der Waals surface area contributed by atoms with Crippen LogP contribution in [0, 0.1) is 5.92 Å². The van der Waals surface area contributed by atoms with Gasteiger partial charge in [-0.2, -0.15) is 0 Å². The molecule has 0 spiro atoms. The van der Waals surface area contributed by atoms with Crippen molar-refractivity contribution in [1.82, 2.24) is 0 Å². The summed E-state index contributed by atoms with van der Waals surface area (Å²) in [6.07, 6.45) is 2.33. The lowest BCUT2D eigenvalue weighted by Crippen LogP contribution is -2.24. The summed E-state index contributed by atoms with van der Waals surface area (Å²) in [5, 5.41) is 9.38. The van der Waals surface area contributed by atoms with E-state index in [0.29, 0.717) is 17.4 Å². The van der Waals surface area contributed by atoms with Gasteiger partial charge in [0.1, 0.15) is 5.75 Å². The summed E-state index contributed by atoms with van der Waals surface area (Å²) in [7, 11) is 0. The van der Waals surface area contributed by atoms with Crippen molar-refractivity contribution in [2.75, 3.05) is 11.4 Å². The van der Waals surface area contributed by atoms with Crippen LogP contribution in [0.4, 0.5) is 5.69 Å². The molecule has 1 atom stereocenters. The average Bonchev–Trinajstić information content (AvgIpc) is 2.64. The zero-order valence-electron chi connectivity index (χ0n) is 8.69. The number of hydrogen-bond acceptors (Lipinski definition) is 2. The highest BCUT2D eigenvalue weighted by molar-refractivity contribution is 9.10. The topological polar surface area (TPSA) is 40.5 Å². The minimum absolute atomic E-state index is 0.0995. The van der Waals surface area contributed by atoms with Gasteiger partial charge in [0.2, 0.25) is 5.91 Å². The summed E-state index contributed by atoms with van der Waals surface area (Å²) in [6.45, 7) is 4.37. The number of nitrogens with zero attached hydrogens (tertiary/aromatic N) is 1. The van der Waals surface area contributed by atoms with Crippen molar-refractivity contribution in [1.29, 1.82) is 0 Å². The van der Waals surface area contributed by atoms with E-state index in [1.807, 2.05) is 6.08 Å². The molecule has 1 aliphatic rings. The minimum atomic E-state index is 0.0995. The second-order valence-electron chi connectivity index (χ2n) is 3.84. The lowest BCUT2D eigenvalue weighted by molar-refractivity contribution is -0.117. The first-order chi connectivity index (χ1) is 7.61. The Labute approximate surface area is 103 Å². The van der Waals surface area contributed by atoms with Gasteiger partial charge in [0, 0.05) is 24.6 Å². The van der Waals surface area contributed by atoms with Gasteiger partial charge in [-0.25, -0.2) is 0 Å². The molecule has 1 saturated heterocycles. The molecule has 1 unspecified atom stereocenters. The smallest absolute Gasteiger partial charge is 0.227 e. The molecule has 1 aromatic carbocycles. The van der Waals surface area contributed by atoms with Gasteiger partial charge >= 0.3 is 0 Å². The molecule has 4 heteroatoms. The Kier molecular flexibility index (Phi) is 3.01. The molecule has 2 rings (SSSR count). The molecule has 0 aliphatic carbocycles. The van der Waals surface area contributed by atoms with Crippen LogP contribution >= 0.6 is 15.9 Å². The van der Waals surface area contributed by atoms with Crippen molar-refractivity contribution in [2.24, 2.45) is 5.92 Å². The number of anilines is 1. The maximum Gasteiger partial charge on any atom is 0.227 e. The average molecular weight is 282 g/mol. The number of halogens is 1. The molecule has 84 valence electrons. The normalized spacial score (nSPS) is 20.2. The van der Waals surface area contributed by atoms with E-state index in [-0.39, 0.29) is 17.6 Å². The minimum Gasteiger partial charge on any atom is -0.507 e. The van der Waals surface area contributed by atoms with E-state index in [4.69, 9.17) is 0 Å². The Morgan fingerprint density at radius 3 is 2.88 bits per heavy atom. The highest BCUT2D eigenvalue weighted by atomic mass is 79.9. The van der Waals surface area contributed by atoms with E-state index >= 15 is 0 Å². The standard InChI is InChI=1S/C12H12BrNO2/c1-2-8-5-12(16)14(7-8)9-3-4-11(15)10(13)6-9/h2-4,6,8,15H,1,5,7H2. The second-order valence-corrected chi connectivity index (χ2v) is 4.69. The third kappa shape index (κ3) is 1.97. The Bertz CT molecular complexity index is 445. The number of hydrogen-bond donors (Lipinski definition) is 1. The number of rotatable bonds is 2. The lowest BCUT2D eigenvalue weighted by Gasteiger charge is -2.16. The van der Waals surface area contributed by atoms with Gasteiger partial charge in [0.15, 0.2) is 0 Å². The number of benzene rings is 1. The van der Waals surface area contributed by atoms with Crippen molar-refractivity contribution >= 4 is 27.5 Å². The van der Waals surface area contributed by atoms with E-state index < -0.39 is 0 Å². The molecular formula is C12H12BrNO2. The molecule has 0 bridgehead atoms. The van der Waals surface area contributed by atoms with Crippen molar-refractivity contribution in [3.05, 3.63) is 35.3 Å². The largest absolute Gasteiger partial charge is 0.507 e. The SMILES string of the molecule is C=CC1CC(=O)N(c2ccc(O)c(Br)c2)C1. The Morgan fingerprint density at radius 2 is 2.31 bits per heavy atom. The van der Waals surface area contributed by atoms with Crippen LogP contribution < -0.4 is 4.90 Å². The van der Waals surface area contributed by atoms with Gasteiger partial charge in [0.25, 0.3) is 0 Å². The molecule has 0 aromatic heterocycles. The fourth-order valence-corrected chi connectivity index (χ4v) is 2.17. The number of amides is 1. The quantitative estimate of drug-likeness (QED) is 0.847. The first kappa shape index (κ1) is 11.2. The van der Waals surface area contributed by atoms with Crippen molar-refractivity contribution in [3.63, 3.8) is 0 Å². The molecule has 1 N–H and O–H groups in total. The summed E-state index contributed by atoms with van der Waals surface area (Å²) >= 11 is 3.24. The highest BCUT2D eigenvalue weighted by Gasteiger charge is 2.28. The van der Waals surface area contributed by atoms with Crippen LogP contribution in [-0.4, -0.2) is 17.6 Å². The highest BCUT2D eigenvalue weighted by Crippen LogP contribution is 2.31. The predicted octanol–water partition coefficient (Wildman–Crippen LogP) is 2.69. The van der Waals surface area contributed by atoms with Gasteiger partial charge in [-0.05, 0) is 34.1 Å². The number of aromatic hydroxyl groups is 1. The van der Waals surface area contributed by atoms with E-state index in [1.54, 1.807) is 23.1 Å². The molecular weight excluding hydrogens is 270 g/mol. The van der Waals surface area contributed by atoms with Crippen LogP contribution in [0.15, 0.2) is 35.3 Å². The van der Waals surface area contributed by atoms with Crippen LogP contribution in [-0.2, 0) is 4.79 Å². The van der Waals surface area contributed by atoms with Crippen LogP contribution in [0.2, 0.25) is 0 Å². The Balaban J connectivity index is 2.27. The molecule has 16 heavy (non-hydrogen) atoms. The number of carbonyl (C=O) groups excluding carboxylic acids is 1. The zero-order chi connectivity index (χ0) is 11.7. The van der Waals surface area contributed by atoms with Gasteiger partial charge in [0.05, 0.1) is 4.47 Å². The second kappa shape index (κ2) is 4.29. The van der Waals surface area contributed by atoms with Crippen molar-refractivity contribution < 1.29 is 9.90 Å².